The second-order valence-corrected chi connectivity index (χ2v) is 14.2. The van der Waals surface area contributed by atoms with Crippen molar-refractivity contribution in [1.29, 1.82) is 0 Å². The molecule has 2 aliphatic heterocycles. The number of hydrogen-bond donors (Lipinski definition) is 0. The molecule has 0 N–H and O–H groups in total. The van der Waals surface area contributed by atoms with E-state index in [4.69, 9.17) is 11.6 Å². The van der Waals surface area contributed by atoms with Gasteiger partial charge in [-0.3, -0.25) is 4.79 Å². The Kier molecular flexibility index (Phi) is 6.23. The maximum atomic E-state index is 13.0. The molecule has 2 heterocycles. The molecular formula is C24H31ClN2O3S2. The van der Waals surface area contributed by atoms with Crippen molar-refractivity contribution < 1.29 is 13.2 Å². The summed E-state index contributed by atoms with van der Waals surface area (Å²) in [7, 11) is -3.59. The number of benzene rings is 1. The van der Waals surface area contributed by atoms with Crippen molar-refractivity contribution in [3.8, 4) is 0 Å². The van der Waals surface area contributed by atoms with Gasteiger partial charge in [0.15, 0.2) is 0 Å². The Labute approximate surface area is 200 Å². The van der Waals surface area contributed by atoms with E-state index >= 15 is 0 Å². The van der Waals surface area contributed by atoms with E-state index in [-0.39, 0.29) is 15.8 Å². The van der Waals surface area contributed by atoms with Crippen molar-refractivity contribution in [1.82, 2.24) is 4.31 Å². The molecule has 2 aliphatic carbocycles. The van der Waals surface area contributed by atoms with Crippen LogP contribution in [0.4, 0.5) is 0 Å². The zero-order valence-corrected chi connectivity index (χ0v) is 20.9. The lowest BCUT2D eigenvalue weighted by atomic mass is 9.87. The average molecular weight is 495 g/mol. The number of amides is 1. The third-order valence-electron chi connectivity index (χ3n) is 8.05. The molecule has 4 atom stereocenters. The normalized spacial score (nSPS) is 33.8. The van der Waals surface area contributed by atoms with Crippen molar-refractivity contribution in [2.24, 2.45) is 28.7 Å². The van der Waals surface area contributed by atoms with Gasteiger partial charge in [0.25, 0.3) is 5.91 Å². The maximum absolute atomic E-state index is 13.0. The Morgan fingerprint density at radius 2 is 1.91 bits per heavy atom. The molecule has 32 heavy (non-hydrogen) atoms. The second-order valence-electron chi connectivity index (χ2n) is 10.3. The van der Waals surface area contributed by atoms with Crippen molar-refractivity contribution in [3.63, 3.8) is 0 Å². The number of hydrogen-bond acceptors (Lipinski definition) is 4. The van der Waals surface area contributed by atoms with Gasteiger partial charge in [-0.25, -0.2) is 13.4 Å². The van der Waals surface area contributed by atoms with Crippen molar-refractivity contribution in [2.45, 2.75) is 67.9 Å². The van der Waals surface area contributed by atoms with Gasteiger partial charge in [0.2, 0.25) is 10.0 Å². The van der Waals surface area contributed by atoms with Gasteiger partial charge in [0.05, 0.1) is 10.1 Å². The van der Waals surface area contributed by atoms with E-state index in [2.05, 4.69) is 4.99 Å². The van der Waals surface area contributed by atoms with Gasteiger partial charge in [-0.1, -0.05) is 41.9 Å². The Hall–Kier alpha value is -0.890. The number of rotatable bonds is 6. The summed E-state index contributed by atoms with van der Waals surface area (Å²) in [5.74, 6) is 2.80. The number of piperidine rings is 1. The van der Waals surface area contributed by atoms with E-state index in [0.29, 0.717) is 24.9 Å². The highest BCUT2D eigenvalue weighted by molar-refractivity contribution is 8.16. The minimum absolute atomic E-state index is 0.00627. The number of nitrogens with zero attached hydrogens (tertiary/aromatic N) is 2. The molecule has 1 aromatic rings. The quantitative estimate of drug-likeness (QED) is 0.531. The van der Waals surface area contributed by atoms with Crippen LogP contribution in [0, 0.1) is 23.7 Å². The minimum atomic E-state index is -3.59. The first-order chi connectivity index (χ1) is 15.2. The summed E-state index contributed by atoms with van der Waals surface area (Å²) >= 11 is 7.83. The third kappa shape index (κ3) is 4.30. The highest BCUT2D eigenvalue weighted by Gasteiger charge is 2.46. The van der Waals surface area contributed by atoms with Crippen LogP contribution in [-0.2, 0) is 14.8 Å². The van der Waals surface area contributed by atoms with E-state index in [1.165, 1.54) is 30.0 Å². The van der Waals surface area contributed by atoms with Crippen LogP contribution >= 0.6 is 23.4 Å². The Balaban J connectivity index is 1.16. The van der Waals surface area contributed by atoms with Gasteiger partial charge in [0, 0.05) is 13.1 Å². The number of aliphatic imine (C=N–C) groups is 1. The van der Waals surface area contributed by atoms with Gasteiger partial charge in [-0.15, -0.1) is 0 Å². The summed E-state index contributed by atoms with van der Waals surface area (Å²) < 4.78 is 27.0. The lowest BCUT2D eigenvalue weighted by Crippen LogP contribution is -2.40. The van der Waals surface area contributed by atoms with Crippen LogP contribution in [0.3, 0.4) is 0 Å². The SMILES string of the molecule is CC1(CC2CCN(S(=O)(=O)c3ccccc3Cl)CC2)SC(C[C@H]2C[C@@H]3CC[C@H]2C3)=NC1=O. The molecule has 1 unspecified atom stereocenters. The van der Waals surface area contributed by atoms with Crippen molar-refractivity contribution >= 4 is 44.3 Å². The standard InChI is InChI=1S/C24H31ClN2O3S2/c1-24(23(28)26-22(31-24)14-19-13-17-6-7-18(19)12-17)15-16-8-10-27(11-9-16)32(29,30)21-5-3-2-4-20(21)25/h2-5,16-19H,6-15H2,1H3/t17-,18+,19-,24?/m1/s1. The maximum Gasteiger partial charge on any atom is 0.262 e. The first-order valence-electron chi connectivity index (χ1n) is 11.8. The fourth-order valence-electron chi connectivity index (χ4n) is 6.32. The fourth-order valence-corrected chi connectivity index (χ4v) is 9.68. The topological polar surface area (TPSA) is 66.8 Å². The number of carbonyl (C=O) groups is 1. The van der Waals surface area contributed by atoms with E-state index in [0.717, 1.165) is 42.6 Å². The van der Waals surface area contributed by atoms with Crippen LogP contribution in [0.15, 0.2) is 34.2 Å². The zero-order chi connectivity index (χ0) is 22.5. The van der Waals surface area contributed by atoms with E-state index in [1.54, 1.807) is 36.0 Å². The lowest BCUT2D eigenvalue weighted by Gasteiger charge is -2.34. The van der Waals surface area contributed by atoms with Crippen LogP contribution in [0.25, 0.3) is 0 Å². The van der Waals surface area contributed by atoms with Gasteiger partial charge in [0.1, 0.15) is 9.64 Å². The number of halogens is 1. The molecule has 1 amide bonds. The number of carbonyl (C=O) groups excluding carboxylic acids is 1. The predicted molar refractivity (Wildman–Crippen MR) is 130 cm³/mol. The zero-order valence-electron chi connectivity index (χ0n) is 18.5. The second kappa shape index (κ2) is 8.71. The predicted octanol–water partition coefficient (Wildman–Crippen LogP) is 5.39. The summed E-state index contributed by atoms with van der Waals surface area (Å²) in [5, 5.41) is 1.30. The largest absolute Gasteiger partial charge is 0.271 e. The van der Waals surface area contributed by atoms with Crippen molar-refractivity contribution in [3.05, 3.63) is 29.3 Å². The van der Waals surface area contributed by atoms with E-state index < -0.39 is 14.8 Å². The third-order valence-corrected chi connectivity index (χ3v) is 11.7. The molecule has 2 saturated carbocycles. The van der Waals surface area contributed by atoms with Crippen LogP contribution < -0.4 is 0 Å². The van der Waals surface area contributed by atoms with Gasteiger partial charge in [-0.05, 0) is 87.7 Å². The summed E-state index contributed by atoms with van der Waals surface area (Å²) in [6.07, 6.45) is 8.69. The van der Waals surface area contributed by atoms with Crippen molar-refractivity contribution in [2.75, 3.05) is 13.1 Å². The molecule has 3 fully saturated rings. The molecule has 0 aromatic heterocycles. The molecular weight excluding hydrogens is 464 g/mol. The molecule has 0 radical (unpaired) electrons. The lowest BCUT2D eigenvalue weighted by molar-refractivity contribution is -0.119. The number of sulfonamides is 1. The molecule has 5 rings (SSSR count). The van der Waals surface area contributed by atoms with Gasteiger partial charge < -0.3 is 0 Å². The molecule has 5 nitrogen and oxygen atoms in total. The van der Waals surface area contributed by atoms with Crippen LogP contribution in [-0.4, -0.2) is 41.5 Å². The summed E-state index contributed by atoms with van der Waals surface area (Å²) in [6.45, 7) is 2.96. The number of thioether (sulfide) groups is 1. The van der Waals surface area contributed by atoms with Crippen LogP contribution in [0.2, 0.25) is 5.02 Å². The molecule has 1 aromatic carbocycles. The monoisotopic (exact) mass is 494 g/mol. The highest BCUT2D eigenvalue weighted by Crippen LogP contribution is 2.51. The first-order valence-corrected chi connectivity index (χ1v) is 14.4. The van der Waals surface area contributed by atoms with Gasteiger partial charge >= 0.3 is 0 Å². The molecule has 8 heteroatoms. The summed E-state index contributed by atoms with van der Waals surface area (Å²) in [5.41, 5.74) is 0. The van der Waals surface area contributed by atoms with Crippen LogP contribution in [0.5, 0.6) is 0 Å². The smallest absolute Gasteiger partial charge is 0.262 e. The van der Waals surface area contributed by atoms with E-state index in [1.807, 2.05) is 6.92 Å². The fraction of sp³-hybridized carbons (Fsp3) is 0.667. The highest BCUT2D eigenvalue weighted by atomic mass is 35.5. The summed E-state index contributed by atoms with van der Waals surface area (Å²) in [6, 6.07) is 6.61. The Morgan fingerprint density at radius 1 is 1.16 bits per heavy atom. The molecule has 174 valence electrons. The molecule has 2 bridgehead atoms. The number of fused-ring (bicyclic) bond motifs is 2. The van der Waals surface area contributed by atoms with Crippen LogP contribution in [0.1, 0.15) is 58.3 Å². The molecule has 4 aliphatic rings. The Bertz CT molecular complexity index is 1040. The molecule has 1 saturated heterocycles. The van der Waals surface area contributed by atoms with E-state index in [9.17, 15) is 13.2 Å². The summed E-state index contributed by atoms with van der Waals surface area (Å²) in [4.78, 5) is 17.5. The minimum Gasteiger partial charge on any atom is -0.271 e. The molecule has 0 spiro atoms. The average Bonchev–Trinajstić information content (AvgIpc) is 3.44. The Morgan fingerprint density at radius 3 is 2.56 bits per heavy atom. The first kappa shape index (κ1) is 22.9. The van der Waals surface area contributed by atoms with Gasteiger partial charge in [-0.2, -0.15) is 4.31 Å².